The summed E-state index contributed by atoms with van der Waals surface area (Å²) < 4.78 is 11.4. The van der Waals surface area contributed by atoms with Crippen molar-refractivity contribution in [2.75, 3.05) is 18.9 Å². The number of para-hydroxylation sites is 1. The summed E-state index contributed by atoms with van der Waals surface area (Å²) >= 11 is 11.9. The first-order valence-corrected chi connectivity index (χ1v) is 8.24. The largest absolute Gasteiger partial charge is 0.493 e. The van der Waals surface area contributed by atoms with Crippen molar-refractivity contribution in [1.29, 1.82) is 0 Å². The van der Waals surface area contributed by atoms with Gasteiger partial charge in [-0.25, -0.2) is 4.98 Å². The number of ether oxygens (including phenoxy) is 2. The van der Waals surface area contributed by atoms with Gasteiger partial charge in [-0.3, -0.25) is 0 Å². The van der Waals surface area contributed by atoms with E-state index in [9.17, 15) is 0 Å². The van der Waals surface area contributed by atoms with E-state index in [2.05, 4.69) is 4.98 Å². The van der Waals surface area contributed by atoms with Crippen LogP contribution in [0.1, 0.15) is 6.42 Å². The van der Waals surface area contributed by atoms with Crippen LogP contribution in [0.5, 0.6) is 11.5 Å². The zero-order valence-electron chi connectivity index (χ0n) is 12.8. The Kier molecular flexibility index (Phi) is 5.28. The van der Waals surface area contributed by atoms with Crippen LogP contribution in [0, 0.1) is 0 Å². The molecule has 0 saturated carbocycles. The lowest BCUT2D eigenvalue weighted by molar-refractivity contribution is 0.249. The average molecular weight is 363 g/mol. The Hall–Kier alpha value is -2.17. The highest BCUT2D eigenvalue weighted by Gasteiger charge is 2.04. The summed E-state index contributed by atoms with van der Waals surface area (Å²) in [7, 11) is 0. The quantitative estimate of drug-likeness (QED) is 0.628. The zero-order valence-corrected chi connectivity index (χ0v) is 14.3. The molecule has 0 aliphatic rings. The number of nitrogens with two attached hydrogens (primary N) is 1. The van der Waals surface area contributed by atoms with Crippen LogP contribution in [0.15, 0.2) is 48.5 Å². The lowest BCUT2D eigenvalue weighted by atomic mass is 10.2. The number of rotatable bonds is 6. The van der Waals surface area contributed by atoms with Crippen LogP contribution in [0.3, 0.4) is 0 Å². The standard InChI is InChI=1S/C18H16Cl2N2O2/c19-13-9-14(20)11-15(10-13)23-7-2-8-24-16-4-1-3-12-5-6-17(21)22-18(12)16/h1,3-6,9-11H,2,7-8H2,(H2,21,22). The lowest BCUT2D eigenvalue weighted by Gasteiger charge is -2.10. The SMILES string of the molecule is Nc1ccc2cccc(OCCCOc3cc(Cl)cc(Cl)c3)c2n1. The van der Waals surface area contributed by atoms with Crippen molar-refractivity contribution >= 4 is 39.9 Å². The molecule has 0 unspecified atom stereocenters. The Balaban J connectivity index is 1.54. The van der Waals surface area contributed by atoms with E-state index in [1.807, 2.05) is 24.3 Å². The molecule has 0 fully saturated rings. The topological polar surface area (TPSA) is 57.4 Å². The molecule has 0 atom stereocenters. The third-order valence-electron chi connectivity index (χ3n) is 3.36. The number of fused-ring (bicyclic) bond motifs is 1. The molecular weight excluding hydrogens is 347 g/mol. The van der Waals surface area contributed by atoms with E-state index in [0.29, 0.717) is 47.0 Å². The summed E-state index contributed by atoms with van der Waals surface area (Å²) in [5.74, 6) is 1.83. The fourth-order valence-electron chi connectivity index (χ4n) is 2.29. The molecule has 2 N–H and O–H groups in total. The highest BCUT2D eigenvalue weighted by molar-refractivity contribution is 6.34. The second-order valence-electron chi connectivity index (χ2n) is 5.22. The number of hydrogen-bond donors (Lipinski definition) is 1. The summed E-state index contributed by atoms with van der Waals surface area (Å²) in [6.07, 6.45) is 0.711. The predicted molar refractivity (Wildman–Crippen MR) is 98.2 cm³/mol. The van der Waals surface area contributed by atoms with E-state index < -0.39 is 0 Å². The number of pyridine rings is 1. The van der Waals surface area contributed by atoms with Crippen LogP contribution in [0.25, 0.3) is 10.9 Å². The average Bonchev–Trinajstić information content (AvgIpc) is 2.54. The van der Waals surface area contributed by atoms with Gasteiger partial charge in [-0.1, -0.05) is 35.3 Å². The fourth-order valence-corrected chi connectivity index (χ4v) is 2.80. The van der Waals surface area contributed by atoms with Crippen LogP contribution in [-0.4, -0.2) is 18.2 Å². The van der Waals surface area contributed by atoms with Gasteiger partial charge in [0.2, 0.25) is 0 Å². The maximum atomic E-state index is 5.93. The Morgan fingerprint density at radius 3 is 2.46 bits per heavy atom. The minimum atomic E-state index is 0.472. The van der Waals surface area contributed by atoms with Gasteiger partial charge in [-0.2, -0.15) is 0 Å². The molecule has 24 heavy (non-hydrogen) atoms. The van der Waals surface area contributed by atoms with Crippen LogP contribution in [0.2, 0.25) is 10.0 Å². The molecule has 0 amide bonds. The second-order valence-corrected chi connectivity index (χ2v) is 6.09. The first-order valence-electron chi connectivity index (χ1n) is 7.49. The Labute approximate surface area is 150 Å². The number of hydrogen-bond acceptors (Lipinski definition) is 4. The normalized spacial score (nSPS) is 10.8. The van der Waals surface area contributed by atoms with Crippen molar-refractivity contribution in [2.24, 2.45) is 0 Å². The van der Waals surface area contributed by atoms with E-state index in [0.717, 1.165) is 10.9 Å². The number of benzene rings is 2. The minimum absolute atomic E-state index is 0.472. The third-order valence-corrected chi connectivity index (χ3v) is 3.79. The van der Waals surface area contributed by atoms with E-state index in [1.54, 1.807) is 24.3 Å². The molecule has 6 heteroatoms. The van der Waals surface area contributed by atoms with Crippen molar-refractivity contribution in [1.82, 2.24) is 4.98 Å². The van der Waals surface area contributed by atoms with Gasteiger partial charge in [0.05, 0.1) is 13.2 Å². The van der Waals surface area contributed by atoms with Crippen molar-refractivity contribution in [2.45, 2.75) is 6.42 Å². The molecule has 3 aromatic rings. The number of anilines is 1. The molecule has 0 bridgehead atoms. The zero-order chi connectivity index (χ0) is 16.9. The van der Waals surface area contributed by atoms with Crippen molar-refractivity contribution in [3.05, 3.63) is 58.6 Å². The summed E-state index contributed by atoms with van der Waals surface area (Å²) in [4.78, 5) is 4.33. The summed E-state index contributed by atoms with van der Waals surface area (Å²) in [5, 5.41) is 2.09. The number of aromatic nitrogens is 1. The van der Waals surface area contributed by atoms with Gasteiger partial charge in [-0.15, -0.1) is 0 Å². The van der Waals surface area contributed by atoms with Gasteiger partial charge in [0.1, 0.15) is 22.8 Å². The Morgan fingerprint density at radius 2 is 1.67 bits per heavy atom. The van der Waals surface area contributed by atoms with Gasteiger partial charge in [0.25, 0.3) is 0 Å². The summed E-state index contributed by atoms with van der Waals surface area (Å²) in [5.41, 5.74) is 6.51. The number of nitrogen functional groups attached to an aromatic ring is 1. The lowest BCUT2D eigenvalue weighted by Crippen LogP contribution is -2.05. The smallest absolute Gasteiger partial charge is 0.145 e. The van der Waals surface area contributed by atoms with Crippen LogP contribution in [-0.2, 0) is 0 Å². The number of halogens is 2. The molecule has 0 spiro atoms. The molecule has 0 aliphatic heterocycles. The van der Waals surface area contributed by atoms with Crippen LogP contribution in [0.4, 0.5) is 5.82 Å². The maximum absolute atomic E-state index is 5.93. The number of nitrogens with zero attached hydrogens (tertiary/aromatic N) is 1. The molecule has 1 aromatic heterocycles. The minimum Gasteiger partial charge on any atom is -0.493 e. The summed E-state index contributed by atoms with van der Waals surface area (Å²) in [6.45, 7) is 1.00. The van der Waals surface area contributed by atoms with Crippen molar-refractivity contribution < 1.29 is 9.47 Å². The molecule has 3 rings (SSSR count). The molecular formula is C18H16Cl2N2O2. The molecule has 0 saturated heterocycles. The molecule has 2 aromatic carbocycles. The van der Waals surface area contributed by atoms with Crippen LogP contribution >= 0.6 is 23.2 Å². The van der Waals surface area contributed by atoms with E-state index >= 15 is 0 Å². The van der Waals surface area contributed by atoms with Gasteiger partial charge >= 0.3 is 0 Å². The first-order chi connectivity index (χ1) is 11.6. The van der Waals surface area contributed by atoms with Crippen molar-refractivity contribution in [3.8, 4) is 11.5 Å². The van der Waals surface area contributed by atoms with E-state index in [4.69, 9.17) is 38.4 Å². The van der Waals surface area contributed by atoms with Gasteiger partial charge < -0.3 is 15.2 Å². The fraction of sp³-hybridized carbons (Fsp3) is 0.167. The second kappa shape index (κ2) is 7.60. The van der Waals surface area contributed by atoms with Crippen LogP contribution < -0.4 is 15.2 Å². The maximum Gasteiger partial charge on any atom is 0.145 e. The molecule has 4 nitrogen and oxygen atoms in total. The molecule has 0 aliphatic carbocycles. The third kappa shape index (κ3) is 4.22. The van der Waals surface area contributed by atoms with Gasteiger partial charge in [0, 0.05) is 21.9 Å². The highest BCUT2D eigenvalue weighted by Crippen LogP contribution is 2.25. The highest BCUT2D eigenvalue weighted by atomic mass is 35.5. The predicted octanol–water partition coefficient (Wildman–Crippen LogP) is 4.97. The van der Waals surface area contributed by atoms with E-state index in [-0.39, 0.29) is 0 Å². The summed E-state index contributed by atoms with van der Waals surface area (Å²) in [6, 6.07) is 14.6. The van der Waals surface area contributed by atoms with E-state index in [1.165, 1.54) is 0 Å². The molecule has 1 heterocycles. The Bertz CT molecular complexity index is 835. The molecule has 124 valence electrons. The Morgan fingerprint density at radius 1 is 0.917 bits per heavy atom. The van der Waals surface area contributed by atoms with Crippen molar-refractivity contribution in [3.63, 3.8) is 0 Å². The monoisotopic (exact) mass is 362 g/mol. The van der Waals surface area contributed by atoms with Gasteiger partial charge in [-0.05, 0) is 36.4 Å². The van der Waals surface area contributed by atoms with Gasteiger partial charge in [0.15, 0.2) is 0 Å². The first kappa shape index (κ1) is 16.7. The molecule has 0 radical (unpaired) electrons.